The van der Waals surface area contributed by atoms with Gasteiger partial charge in [0.2, 0.25) is 0 Å². The molecule has 0 radical (unpaired) electrons. The SMILES string of the molecule is COC(=O)CCC(OC)(OC)c1cc(I)ccc1I.O=C(O)CCC(=O)c1cc(I)ccc1I. The maximum Gasteiger partial charge on any atom is 0.305 e. The van der Waals surface area contributed by atoms with Gasteiger partial charge in [-0.25, -0.2) is 0 Å². The lowest BCUT2D eigenvalue weighted by Gasteiger charge is -2.32. The summed E-state index contributed by atoms with van der Waals surface area (Å²) in [4.78, 5) is 33.3. The predicted octanol–water partition coefficient (Wildman–Crippen LogP) is 6.24. The van der Waals surface area contributed by atoms with Crippen molar-refractivity contribution >= 4 is 108 Å². The number of ketones is 1. The maximum absolute atomic E-state index is 11.7. The molecule has 34 heavy (non-hydrogen) atoms. The lowest BCUT2D eigenvalue weighted by molar-refractivity contribution is -0.222. The van der Waals surface area contributed by atoms with Gasteiger partial charge in [-0.15, -0.1) is 0 Å². The molecular formula is C23H24I4O7. The Balaban J connectivity index is 0.000000350. The van der Waals surface area contributed by atoms with Gasteiger partial charge >= 0.3 is 11.9 Å². The van der Waals surface area contributed by atoms with Crippen LogP contribution in [0.4, 0.5) is 0 Å². The molecule has 0 aliphatic carbocycles. The number of aliphatic carboxylic acids is 1. The third-order valence-electron chi connectivity index (χ3n) is 4.68. The van der Waals surface area contributed by atoms with Crippen LogP contribution in [0.15, 0.2) is 36.4 Å². The molecule has 2 rings (SSSR count). The number of rotatable bonds is 10. The first-order chi connectivity index (χ1) is 16.0. The van der Waals surface area contributed by atoms with E-state index in [1.54, 1.807) is 20.3 Å². The van der Waals surface area contributed by atoms with E-state index in [4.69, 9.17) is 14.6 Å². The Kier molecular flexibility index (Phi) is 14.9. The van der Waals surface area contributed by atoms with Crippen molar-refractivity contribution in [1.82, 2.24) is 0 Å². The summed E-state index contributed by atoms with van der Waals surface area (Å²) in [5.41, 5.74) is 1.54. The number of methoxy groups -OCH3 is 3. The number of Topliss-reactive ketones (excluding diaryl/α,β-unsaturated/α-hetero) is 1. The van der Waals surface area contributed by atoms with Gasteiger partial charge in [-0.3, -0.25) is 14.4 Å². The highest BCUT2D eigenvalue weighted by atomic mass is 127. The average Bonchev–Trinajstić information content (AvgIpc) is 2.82. The first kappa shape index (κ1) is 31.9. The third-order valence-corrected chi connectivity index (χ3v) is 7.90. The highest BCUT2D eigenvalue weighted by molar-refractivity contribution is 14.1. The van der Waals surface area contributed by atoms with Crippen LogP contribution in [0.5, 0.6) is 0 Å². The highest BCUT2D eigenvalue weighted by Gasteiger charge is 2.34. The zero-order valence-electron chi connectivity index (χ0n) is 18.7. The number of ether oxygens (including phenoxy) is 3. The second-order valence-electron chi connectivity index (χ2n) is 6.80. The van der Waals surface area contributed by atoms with Crippen LogP contribution in [0.1, 0.15) is 41.6 Å². The van der Waals surface area contributed by atoms with Crippen LogP contribution >= 0.6 is 90.4 Å². The molecule has 1 N–H and O–H groups in total. The standard InChI is InChI=1S/C13H16I2O4.C10H8I2O3/c1-17-12(16)6-7-13(18-2,19-3)10-8-9(14)4-5-11(10)15;11-6-1-2-8(12)7(5-6)9(13)3-4-10(14)15/h4-5,8H,6-7H2,1-3H3;1-2,5H,3-4H2,(H,14,15). The Morgan fingerprint density at radius 1 is 0.824 bits per heavy atom. The van der Waals surface area contributed by atoms with Gasteiger partial charge in [0.15, 0.2) is 11.6 Å². The fraction of sp³-hybridized carbons (Fsp3) is 0.348. The quantitative estimate of drug-likeness (QED) is 0.131. The van der Waals surface area contributed by atoms with Crippen molar-refractivity contribution in [1.29, 1.82) is 0 Å². The normalized spacial score (nSPS) is 10.8. The van der Waals surface area contributed by atoms with Crippen LogP contribution in [-0.4, -0.2) is 44.2 Å². The van der Waals surface area contributed by atoms with Gasteiger partial charge in [0.05, 0.1) is 20.0 Å². The Morgan fingerprint density at radius 2 is 1.38 bits per heavy atom. The van der Waals surface area contributed by atoms with E-state index in [0.29, 0.717) is 12.0 Å². The van der Waals surface area contributed by atoms with Crippen molar-refractivity contribution < 1.29 is 33.7 Å². The molecular weight excluding hydrogens is 896 g/mol. The number of benzene rings is 2. The van der Waals surface area contributed by atoms with Crippen molar-refractivity contribution in [2.75, 3.05) is 21.3 Å². The summed E-state index contributed by atoms with van der Waals surface area (Å²) in [6.07, 6.45) is 0.592. The van der Waals surface area contributed by atoms with Crippen LogP contribution in [0.2, 0.25) is 0 Å². The molecule has 7 nitrogen and oxygen atoms in total. The van der Waals surface area contributed by atoms with Gasteiger partial charge in [-0.05, 0) is 127 Å². The monoisotopic (exact) mass is 920 g/mol. The van der Waals surface area contributed by atoms with Crippen LogP contribution in [0.25, 0.3) is 0 Å². The van der Waals surface area contributed by atoms with E-state index in [-0.39, 0.29) is 31.0 Å². The minimum absolute atomic E-state index is 0.0609. The lowest BCUT2D eigenvalue weighted by atomic mass is 10.0. The number of hydrogen-bond donors (Lipinski definition) is 1. The summed E-state index contributed by atoms with van der Waals surface area (Å²) in [7, 11) is 4.53. The molecule has 2 aromatic carbocycles. The van der Waals surface area contributed by atoms with Crippen LogP contribution in [0.3, 0.4) is 0 Å². The van der Waals surface area contributed by atoms with Crippen molar-refractivity contribution in [2.24, 2.45) is 0 Å². The van der Waals surface area contributed by atoms with Gasteiger partial charge in [0, 0.05) is 52.5 Å². The minimum Gasteiger partial charge on any atom is -0.481 e. The Hall–Kier alpha value is -0.110. The zero-order chi connectivity index (χ0) is 25.9. The summed E-state index contributed by atoms with van der Waals surface area (Å²) in [5.74, 6) is -2.25. The van der Waals surface area contributed by atoms with Gasteiger partial charge in [0.1, 0.15) is 0 Å². The smallest absolute Gasteiger partial charge is 0.305 e. The summed E-state index contributed by atoms with van der Waals surface area (Å²) in [6.45, 7) is 0. The zero-order valence-corrected chi connectivity index (χ0v) is 27.3. The molecule has 0 aliphatic heterocycles. The number of carbonyl (C=O) groups excluding carboxylic acids is 2. The molecule has 11 heteroatoms. The van der Waals surface area contributed by atoms with E-state index in [9.17, 15) is 14.4 Å². The topological polar surface area (TPSA) is 99.1 Å². The van der Waals surface area contributed by atoms with Gasteiger partial charge in [-0.1, -0.05) is 0 Å². The summed E-state index contributed by atoms with van der Waals surface area (Å²) in [5, 5.41) is 8.48. The number of esters is 1. The molecule has 0 saturated heterocycles. The predicted molar refractivity (Wildman–Crippen MR) is 162 cm³/mol. The Bertz CT molecular complexity index is 1010. The lowest BCUT2D eigenvalue weighted by Crippen LogP contribution is -2.32. The van der Waals surface area contributed by atoms with E-state index in [0.717, 1.165) is 19.8 Å². The van der Waals surface area contributed by atoms with Crippen LogP contribution in [0, 0.1) is 14.3 Å². The first-order valence-electron chi connectivity index (χ1n) is 9.82. The fourth-order valence-corrected chi connectivity index (χ4v) is 5.23. The average molecular weight is 920 g/mol. The summed E-state index contributed by atoms with van der Waals surface area (Å²) in [6, 6.07) is 11.6. The van der Waals surface area contributed by atoms with Crippen molar-refractivity contribution in [3.8, 4) is 0 Å². The molecule has 186 valence electrons. The number of carboxylic acid groups (broad SMARTS) is 1. The van der Waals surface area contributed by atoms with Gasteiger partial charge < -0.3 is 19.3 Å². The molecule has 2 aromatic rings. The van der Waals surface area contributed by atoms with E-state index in [2.05, 4.69) is 95.1 Å². The molecule has 0 atom stereocenters. The molecule has 0 saturated carbocycles. The molecule has 0 amide bonds. The molecule has 0 spiro atoms. The summed E-state index contributed by atoms with van der Waals surface area (Å²) < 4.78 is 19.8. The molecule has 0 aliphatic rings. The molecule has 0 fully saturated rings. The Labute approximate surface area is 253 Å². The number of halogens is 4. The van der Waals surface area contributed by atoms with E-state index >= 15 is 0 Å². The van der Waals surface area contributed by atoms with Crippen molar-refractivity contribution in [2.45, 2.75) is 31.5 Å². The Morgan fingerprint density at radius 3 is 1.91 bits per heavy atom. The highest BCUT2D eigenvalue weighted by Crippen LogP contribution is 2.35. The molecule has 0 unspecified atom stereocenters. The maximum atomic E-state index is 11.7. The van der Waals surface area contributed by atoms with Crippen molar-refractivity contribution in [3.05, 3.63) is 61.8 Å². The van der Waals surface area contributed by atoms with Crippen LogP contribution in [-0.2, 0) is 29.6 Å². The van der Waals surface area contributed by atoms with Crippen molar-refractivity contribution in [3.63, 3.8) is 0 Å². The van der Waals surface area contributed by atoms with E-state index in [1.807, 2.05) is 30.3 Å². The second-order valence-corrected chi connectivity index (χ2v) is 11.6. The molecule has 0 aromatic heterocycles. The number of carbonyl (C=O) groups is 3. The third kappa shape index (κ3) is 10.1. The first-order valence-corrected chi connectivity index (χ1v) is 14.1. The molecule has 0 heterocycles. The van der Waals surface area contributed by atoms with E-state index < -0.39 is 11.8 Å². The molecule has 0 bridgehead atoms. The second kappa shape index (κ2) is 15.9. The minimum atomic E-state index is -0.941. The van der Waals surface area contributed by atoms with Gasteiger partial charge in [-0.2, -0.15) is 0 Å². The van der Waals surface area contributed by atoms with Crippen LogP contribution < -0.4 is 0 Å². The number of carboxylic acids is 1. The number of hydrogen-bond acceptors (Lipinski definition) is 6. The summed E-state index contributed by atoms with van der Waals surface area (Å²) >= 11 is 8.68. The fourth-order valence-electron chi connectivity index (χ4n) is 2.87. The largest absolute Gasteiger partial charge is 0.481 e. The van der Waals surface area contributed by atoms with E-state index in [1.165, 1.54) is 7.11 Å². The van der Waals surface area contributed by atoms with Gasteiger partial charge in [0.25, 0.3) is 0 Å².